The van der Waals surface area contributed by atoms with Gasteiger partial charge in [-0.15, -0.1) is 11.3 Å². The molecule has 8 heteroatoms. The molecule has 0 aliphatic carbocycles. The van der Waals surface area contributed by atoms with E-state index in [1.165, 1.54) is 23.6 Å². The van der Waals surface area contributed by atoms with Crippen LogP contribution in [-0.2, 0) is 0 Å². The fourth-order valence-corrected chi connectivity index (χ4v) is 4.31. The monoisotopic (exact) mass is 420 g/mol. The molecule has 0 radical (unpaired) electrons. The van der Waals surface area contributed by atoms with E-state index in [4.69, 9.17) is 10.2 Å². The van der Waals surface area contributed by atoms with Gasteiger partial charge in [0.1, 0.15) is 10.7 Å². The van der Waals surface area contributed by atoms with E-state index in [0.717, 1.165) is 27.5 Å². The normalized spacial score (nSPS) is 18.1. The lowest BCUT2D eigenvalue weighted by Crippen LogP contribution is -2.55. The van der Waals surface area contributed by atoms with Gasteiger partial charge >= 0.3 is 6.03 Å². The van der Waals surface area contributed by atoms with Gasteiger partial charge in [0.25, 0.3) is 0 Å². The van der Waals surface area contributed by atoms with Gasteiger partial charge in [-0.05, 0) is 23.8 Å². The molecule has 1 aliphatic heterocycles. The minimum atomic E-state index is -0.573. The third kappa shape index (κ3) is 3.38. The van der Waals surface area contributed by atoms with Gasteiger partial charge < -0.3 is 0 Å². The van der Waals surface area contributed by atoms with E-state index in [1.54, 1.807) is 18.2 Å². The number of hydrogen-bond acceptors (Lipinski definition) is 5. The summed E-state index contributed by atoms with van der Waals surface area (Å²) < 4.78 is 13.4. The van der Waals surface area contributed by atoms with Crippen LogP contribution >= 0.6 is 11.3 Å². The van der Waals surface area contributed by atoms with Crippen LogP contribution < -0.4 is 5.32 Å². The zero-order valence-corrected chi connectivity index (χ0v) is 17.5. The number of amides is 2. The zero-order chi connectivity index (χ0) is 21.5. The molecular weight excluding hydrogens is 401 g/mol. The van der Waals surface area contributed by atoms with Crippen molar-refractivity contribution in [3.05, 3.63) is 75.8 Å². The van der Waals surface area contributed by atoms with Gasteiger partial charge in [-0.25, -0.2) is 19.2 Å². The Labute approximate surface area is 177 Å². The third-order valence-corrected chi connectivity index (χ3v) is 6.30. The van der Waals surface area contributed by atoms with Crippen LogP contribution in [0.3, 0.4) is 0 Å². The highest BCUT2D eigenvalue weighted by Crippen LogP contribution is 2.41. The average molecular weight is 420 g/mol. The van der Waals surface area contributed by atoms with E-state index in [1.807, 2.05) is 38.5 Å². The lowest BCUT2D eigenvalue weighted by atomic mass is 9.95. The molecule has 1 aromatic carbocycles. The number of halogens is 1. The first-order valence-corrected chi connectivity index (χ1v) is 10.1. The maximum Gasteiger partial charge on any atom is 0.421 e. The Morgan fingerprint density at radius 1 is 1.20 bits per heavy atom. The number of pyridine rings is 1. The maximum atomic E-state index is 13.4. The molecule has 4 rings (SSSR count). The van der Waals surface area contributed by atoms with Gasteiger partial charge in [0.2, 0.25) is 5.95 Å². The first kappa shape index (κ1) is 19.9. The summed E-state index contributed by atoms with van der Waals surface area (Å²) in [5, 5.41) is 14.7. The summed E-state index contributed by atoms with van der Waals surface area (Å²) in [5.74, 6) is -0.573. The number of aromatic nitrogens is 2. The van der Waals surface area contributed by atoms with Crippen LogP contribution in [0.2, 0.25) is 0 Å². The van der Waals surface area contributed by atoms with Gasteiger partial charge in [0, 0.05) is 24.1 Å². The molecule has 3 aromatic rings. The molecule has 0 spiro atoms. The highest BCUT2D eigenvalue weighted by atomic mass is 32.1. The van der Waals surface area contributed by atoms with Crippen LogP contribution in [0.4, 0.5) is 9.18 Å². The number of benzene rings is 1. The van der Waals surface area contributed by atoms with E-state index in [0.29, 0.717) is 11.1 Å². The Kier molecular flexibility index (Phi) is 4.94. The molecule has 30 heavy (non-hydrogen) atoms. The van der Waals surface area contributed by atoms with Gasteiger partial charge in [-0.2, -0.15) is 9.65 Å². The van der Waals surface area contributed by atoms with Crippen molar-refractivity contribution in [1.29, 1.82) is 5.26 Å². The standard InChI is InChI=1S/C22H18FN5OS/c1-13-19(21-26-17(12-30-21)15-6-4-14(10-24)5-7-15)20(27-22(29)28(13,2)3)16-8-9-18(23)25-11-16/h4-9,11-12,20H,1-3H3/p+1. The molecule has 1 aliphatic rings. The van der Waals surface area contributed by atoms with Crippen molar-refractivity contribution in [3.63, 3.8) is 0 Å². The first-order chi connectivity index (χ1) is 14.3. The minimum Gasteiger partial charge on any atom is -0.294 e. The van der Waals surface area contributed by atoms with Crippen molar-refractivity contribution < 1.29 is 13.7 Å². The van der Waals surface area contributed by atoms with Crippen molar-refractivity contribution in [1.82, 2.24) is 15.3 Å². The number of carbonyl (C=O) groups excluding carboxylic acids is 1. The van der Waals surface area contributed by atoms with Crippen molar-refractivity contribution in [3.8, 4) is 17.3 Å². The quantitative estimate of drug-likeness (QED) is 0.500. The van der Waals surface area contributed by atoms with Crippen LogP contribution in [0.5, 0.6) is 0 Å². The molecule has 1 atom stereocenters. The second kappa shape index (κ2) is 7.44. The number of allylic oxidation sites excluding steroid dienone is 1. The van der Waals surface area contributed by atoms with Crippen molar-refractivity contribution in [2.75, 3.05) is 14.1 Å². The van der Waals surface area contributed by atoms with E-state index < -0.39 is 12.0 Å². The summed E-state index contributed by atoms with van der Waals surface area (Å²) in [4.78, 5) is 21.3. The van der Waals surface area contributed by atoms with E-state index in [-0.39, 0.29) is 10.5 Å². The Morgan fingerprint density at radius 3 is 2.57 bits per heavy atom. The van der Waals surface area contributed by atoms with Gasteiger partial charge in [0.15, 0.2) is 0 Å². The van der Waals surface area contributed by atoms with Crippen LogP contribution in [-0.4, -0.2) is 34.6 Å². The number of nitrogens with zero attached hydrogens (tertiary/aromatic N) is 4. The van der Waals surface area contributed by atoms with Crippen LogP contribution in [0, 0.1) is 17.3 Å². The molecule has 2 aromatic heterocycles. The number of urea groups is 1. The van der Waals surface area contributed by atoms with Crippen LogP contribution in [0.25, 0.3) is 16.8 Å². The van der Waals surface area contributed by atoms with Gasteiger partial charge in [-0.1, -0.05) is 18.2 Å². The number of nitrogens with one attached hydrogen (secondary N) is 1. The SMILES string of the molecule is CC1=C(c2nc(-c3ccc(C#N)cc3)cs2)C(c2ccc(F)nc2)NC(=O)[N+]1(C)C. The Bertz CT molecular complexity index is 1190. The summed E-state index contributed by atoms with van der Waals surface area (Å²) in [7, 11) is 3.64. The molecule has 3 heterocycles. The Morgan fingerprint density at radius 2 is 1.93 bits per heavy atom. The number of carbonyl (C=O) groups is 1. The smallest absolute Gasteiger partial charge is 0.294 e. The van der Waals surface area contributed by atoms with Crippen LogP contribution in [0.1, 0.15) is 29.1 Å². The van der Waals surface area contributed by atoms with Gasteiger partial charge in [-0.3, -0.25) is 5.32 Å². The maximum absolute atomic E-state index is 13.4. The number of nitriles is 1. The Balaban J connectivity index is 1.81. The van der Waals surface area contributed by atoms with Crippen molar-refractivity contribution >= 4 is 22.9 Å². The second-order valence-electron chi connectivity index (χ2n) is 7.48. The summed E-state index contributed by atoms with van der Waals surface area (Å²) >= 11 is 1.48. The fraction of sp³-hybridized carbons (Fsp3) is 0.182. The molecule has 6 nitrogen and oxygen atoms in total. The first-order valence-electron chi connectivity index (χ1n) is 9.25. The van der Waals surface area contributed by atoms with E-state index >= 15 is 0 Å². The zero-order valence-electron chi connectivity index (χ0n) is 16.7. The highest BCUT2D eigenvalue weighted by Gasteiger charge is 2.42. The topological polar surface area (TPSA) is 78.7 Å². The molecule has 1 unspecified atom stereocenters. The molecule has 0 saturated heterocycles. The van der Waals surface area contributed by atoms with E-state index in [2.05, 4.69) is 16.4 Å². The molecule has 2 amide bonds. The summed E-state index contributed by atoms with van der Waals surface area (Å²) in [6.45, 7) is 1.92. The summed E-state index contributed by atoms with van der Waals surface area (Å²) in [6, 6.07) is 11.6. The van der Waals surface area contributed by atoms with Crippen molar-refractivity contribution in [2.45, 2.75) is 13.0 Å². The molecule has 150 valence electrons. The van der Waals surface area contributed by atoms with Crippen LogP contribution in [0.15, 0.2) is 53.7 Å². The lowest BCUT2D eigenvalue weighted by molar-refractivity contribution is -0.769. The highest BCUT2D eigenvalue weighted by molar-refractivity contribution is 7.11. The molecule has 0 bridgehead atoms. The lowest BCUT2D eigenvalue weighted by Gasteiger charge is -2.36. The van der Waals surface area contributed by atoms with Crippen molar-refractivity contribution in [2.24, 2.45) is 0 Å². The fourth-order valence-electron chi connectivity index (χ4n) is 3.35. The minimum absolute atomic E-state index is 0.0479. The number of rotatable bonds is 3. The molecule has 1 N–H and O–H groups in total. The largest absolute Gasteiger partial charge is 0.421 e. The summed E-state index contributed by atoms with van der Waals surface area (Å²) in [5.41, 5.74) is 4.70. The third-order valence-electron chi connectivity index (χ3n) is 5.42. The molecule has 0 fully saturated rings. The number of hydrogen-bond donors (Lipinski definition) is 1. The second-order valence-corrected chi connectivity index (χ2v) is 8.33. The predicted octanol–water partition coefficient (Wildman–Crippen LogP) is 4.49. The summed E-state index contributed by atoms with van der Waals surface area (Å²) in [6.07, 6.45) is 1.44. The average Bonchev–Trinajstić information content (AvgIpc) is 3.22. The molecule has 0 saturated carbocycles. The van der Waals surface area contributed by atoms with Gasteiger partial charge in [0.05, 0.1) is 43.0 Å². The number of thiazole rings is 1. The Hall–Kier alpha value is -3.41. The van der Waals surface area contributed by atoms with E-state index in [9.17, 15) is 9.18 Å². The molecular formula is C22H19FN5OS+. The predicted molar refractivity (Wildman–Crippen MR) is 112 cm³/mol. The number of quaternary nitrogens is 1.